The molecule has 0 fully saturated rings. The lowest BCUT2D eigenvalue weighted by Crippen LogP contribution is -2.19. The van der Waals surface area contributed by atoms with Gasteiger partial charge in [-0.1, -0.05) is 13.8 Å². The van der Waals surface area contributed by atoms with Gasteiger partial charge in [0.1, 0.15) is 5.82 Å². The molecule has 0 saturated heterocycles. The third kappa shape index (κ3) is 4.50. The largest absolute Gasteiger partial charge is 0.435 e. The van der Waals surface area contributed by atoms with E-state index in [2.05, 4.69) is 15.4 Å². The summed E-state index contributed by atoms with van der Waals surface area (Å²) in [4.78, 5) is 3.92. The topological polar surface area (TPSA) is 76.9 Å². The molecule has 0 atom stereocenters. The third-order valence-electron chi connectivity index (χ3n) is 3.70. The number of halogens is 3. The summed E-state index contributed by atoms with van der Waals surface area (Å²) >= 11 is 0. The highest BCUT2D eigenvalue weighted by molar-refractivity contribution is 7.90. The molecule has 2 aromatic heterocycles. The highest BCUT2D eigenvalue weighted by atomic mass is 32.2. The highest BCUT2D eigenvalue weighted by Crippen LogP contribution is 2.31. The smallest absolute Gasteiger partial charge is 0.367 e. The number of pyridine rings is 1. The second kappa shape index (κ2) is 7.03. The van der Waals surface area contributed by atoms with Crippen molar-refractivity contribution < 1.29 is 21.6 Å². The number of aromatic nitrogens is 3. The minimum Gasteiger partial charge on any atom is -0.367 e. The number of rotatable bonds is 6. The molecule has 0 bridgehead atoms. The van der Waals surface area contributed by atoms with Crippen LogP contribution in [0.4, 0.5) is 19.0 Å². The molecule has 0 unspecified atom stereocenters. The Bertz CT molecular complexity index is 825. The Balaban J connectivity index is 2.49. The summed E-state index contributed by atoms with van der Waals surface area (Å²) in [6, 6.07) is 3.51. The van der Waals surface area contributed by atoms with Gasteiger partial charge in [0.05, 0.1) is 4.90 Å². The minimum absolute atomic E-state index is 0.0195. The fourth-order valence-corrected chi connectivity index (χ4v) is 2.78. The summed E-state index contributed by atoms with van der Waals surface area (Å²) in [5.41, 5.74) is -1.05. The summed E-state index contributed by atoms with van der Waals surface area (Å²) in [6.45, 7) is 3.84. The molecule has 0 aliphatic carbocycles. The van der Waals surface area contributed by atoms with Gasteiger partial charge in [-0.05, 0) is 25.0 Å². The number of nitrogens with zero attached hydrogens (tertiary/aromatic N) is 3. The van der Waals surface area contributed by atoms with E-state index in [9.17, 15) is 21.6 Å². The average Bonchev–Trinajstić information content (AvgIpc) is 2.96. The van der Waals surface area contributed by atoms with E-state index in [0.717, 1.165) is 36.0 Å². The Morgan fingerprint density at radius 1 is 1.24 bits per heavy atom. The molecule has 6 nitrogen and oxygen atoms in total. The zero-order chi connectivity index (χ0) is 18.8. The Hall–Kier alpha value is -2.10. The molecular weight excluding hydrogens is 357 g/mol. The molecule has 0 aromatic carbocycles. The Morgan fingerprint density at radius 3 is 2.32 bits per heavy atom. The number of alkyl halides is 3. The molecule has 0 aliphatic heterocycles. The number of hydrogen-bond donors (Lipinski definition) is 1. The third-order valence-corrected chi connectivity index (χ3v) is 4.80. The van der Waals surface area contributed by atoms with Gasteiger partial charge in [-0.25, -0.2) is 13.4 Å². The fourth-order valence-electron chi connectivity index (χ4n) is 2.22. The lowest BCUT2D eigenvalue weighted by molar-refractivity contribution is -0.141. The van der Waals surface area contributed by atoms with Crippen molar-refractivity contribution in [2.75, 3.05) is 11.6 Å². The Kier molecular flexibility index (Phi) is 5.40. The van der Waals surface area contributed by atoms with Crippen molar-refractivity contribution in [3.8, 4) is 5.82 Å². The second-order valence-corrected chi connectivity index (χ2v) is 7.62. The molecular formula is C15H19F3N4O2S. The lowest BCUT2D eigenvalue weighted by atomic mass is 10.2. The predicted octanol–water partition coefficient (Wildman–Crippen LogP) is 3.29. The standard InChI is InChI=1S/C15H19F3N4O2S/c1-4-10(5-2)20-14-8-12(15(16,17)18)21-22(14)13-7-6-11(9-19-13)25(3,23)24/h6-10,20H,4-5H2,1-3H3. The first-order valence-electron chi connectivity index (χ1n) is 7.66. The van der Waals surface area contributed by atoms with Gasteiger partial charge in [-0.2, -0.15) is 23.0 Å². The van der Waals surface area contributed by atoms with Crippen LogP contribution >= 0.6 is 0 Å². The highest BCUT2D eigenvalue weighted by Gasteiger charge is 2.35. The normalized spacial score (nSPS) is 12.6. The van der Waals surface area contributed by atoms with Crippen LogP contribution in [0.2, 0.25) is 0 Å². The lowest BCUT2D eigenvalue weighted by Gasteiger charge is -2.16. The van der Waals surface area contributed by atoms with Crippen LogP contribution in [-0.4, -0.2) is 35.5 Å². The summed E-state index contributed by atoms with van der Waals surface area (Å²) in [5.74, 6) is 0.247. The van der Waals surface area contributed by atoms with Crippen LogP contribution in [0, 0.1) is 0 Å². The number of sulfone groups is 1. The van der Waals surface area contributed by atoms with Gasteiger partial charge in [-0.15, -0.1) is 0 Å². The zero-order valence-corrected chi connectivity index (χ0v) is 14.8. The van der Waals surface area contributed by atoms with E-state index in [1.807, 2.05) is 13.8 Å². The van der Waals surface area contributed by atoms with Gasteiger partial charge in [0.2, 0.25) is 0 Å². The van der Waals surface area contributed by atoms with Crippen molar-refractivity contribution in [2.24, 2.45) is 0 Å². The number of nitrogens with one attached hydrogen (secondary N) is 1. The van der Waals surface area contributed by atoms with Crippen molar-refractivity contribution in [2.45, 2.75) is 43.8 Å². The summed E-state index contributed by atoms with van der Waals surface area (Å²) in [6.07, 6.45) is -1.02. The van der Waals surface area contributed by atoms with Crippen LogP contribution in [-0.2, 0) is 16.0 Å². The Morgan fingerprint density at radius 2 is 1.88 bits per heavy atom. The van der Waals surface area contributed by atoms with Crippen molar-refractivity contribution in [3.63, 3.8) is 0 Å². The van der Waals surface area contributed by atoms with E-state index in [-0.39, 0.29) is 22.6 Å². The monoisotopic (exact) mass is 376 g/mol. The van der Waals surface area contributed by atoms with Gasteiger partial charge < -0.3 is 5.32 Å². The van der Waals surface area contributed by atoms with Crippen LogP contribution in [0.1, 0.15) is 32.4 Å². The summed E-state index contributed by atoms with van der Waals surface area (Å²) in [5, 5.41) is 6.61. The van der Waals surface area contributed by atoms with E-state index < -0.39 is 21.7 Å². The van der Waals surface area contributed by atoms with Crippen LogP contribution in [0.5, 0.6) is 0 Å². The Labute approximate surface area is 144 Å². The van der Waals surface area contributed by atoms with E-state index in [0.29, 0.717) is 0 Å². The molecule has 25 heavy (non-hydrogen) atoms. The quantitative estimate of drug-likeness (QED) is 0.837. The molecule has 0 radical (unpaired) electrons. The predicted molar refractivity (Wildman–Crippen MR) is 87.5 cm³/mol. The molecule has 2 heterocycles. The number of anilines is 1. The first-order valence-corrected chi connectivity index (χ1v) is 9.55. The zero-order valence-electron chi connectivity index (χ0n) is 14.0. The van der Waals surface area contributed by atoms with Gasteiger partial charge >= 0.3 is 6.18 Å². The summed E-state index contributed by atoms with van der Waals surface area (Å²) in [7, 11) is -3.44. The van der Waals surface area contributed by atoms with E-state index in [1.54, 1.807) is 0 Å². The average molecular weight is 376 g/mol. The molecule has 0 aliphatic rings. The molecule has 2 rings (SSSR count). The number of hydrogen-bond acceptors (Lipinski definition) is 5. The molecule has 10 heteroatoms. The van der Waals surface area contributed by atoms with E-state index >= 15 is 0 Å². The maximum Gasteiger partial charge on any atom is 0.435 e. The van der Waals surface area contributed by atoms with Gasteiger partial charge in [0.15, 0.2) is 21.3 Å². The van der Waals surface area contributed by atoms with Gasteiger partial charge in [0, 0.05) is 24.6 Å². The molecule has 2 aromatic rings. The first-order chi connectivity index (χ1) is 11.6. The van der Waals surface area contributed by atoms with Gasteiger partial charge in [0.25, 0.3) is 0 Å². The fraction of sp³-hybridized carbons (Fsp3) is 0.467. The molecule has 0 amide bonds. The maximum absolute atomic E-state index is 13.0. The maximum atomic E-state index is 13.0. The van der Waals surface area contributed by atoms with Crippen LogP contribution < -0.4 is 5.32 Å². The molecule has 138 valence electrons. The molecule has 0 spiro atoms. The van der Waals surface area contributed by atoms with E-state index in [1.165, 1.54) is 12.1 Å². The molecule has 1 N–H and O–H groups in total. The van der Waals surface area contributed by atoms with Crippen molar-refractivity contribution in [1.82, 2.24) is 14.8 Å². The van der Waals surface area contributed by atoms with Crippen LogP contribution in [0.25, 0.3) is 5.82 Å². The summed E-state index contributed by atoms with van der Waals surface area (Å²) < 4.78 is 63.0. The minimum atomic E-state index is -4.59. The van der Waals surface area contributed by atoms with E-state index in [4.69, 9.17) is 0 Å². The SMILES string of the molecule is CCC(CC)Nc1cc(C(F)(F)F)nn1-c1ccc(S(C)(=O)=O)cn1. The van der Waals surface area contributed by atoms with Crippen molar-refractivity contribution in [3.05, 3.63) is 30.1 Å². The first kappa shape index (κ1) is 19.2. The van der Waals surface area contributed by atoms with Crippen molar-refractivity contribution in [1.29, 1.82) is 0 Å². The molecule has 0 saturated carbocycles. The van der Waals surface area contributed by atoms with Crippen LogP contribution in [0.3, 0.4) is 0 Å². The second-order valence-electron chi connectivity index (χ2n) is 5.61. The van der Waals surface area contributed by atoms with Crippen LogP contribution in [0.15, 0.2) is 29.3 Å². The van der Waals surface area contributed by atoms with Crippen molar-refractivity contribution >= 4 is 15.7 Å². The van der Waals surface area contributed by atoms with Gasteiger partial charge in [-0.3, -0.25) is 0 Å².